The van der Waals surface area contributed by atoms with E-state index >= 15 is 0 Å². The molecule has 508 valence electrons. The average Bonchev–Trinajstić information content (AvgIpc) is 0.773. The fraction of sp³-hybridized carbons (Fsp3) is 0.162. The van der Waals surface area contributed by atoms with Crippen molar-refractivity contribution in [2.45, 2.75) is 37.3 Å². The molecule has 0 saturated carbocycles. The van der Waals surface area contributed by atoms with Crippen LogP contribution in [0.1, 0.15) is 22.3 Å². The third-order valence-electron chi connectivity index (χ3n) is 15.1. The highest BCUT2D eigenvalue weighted by Crippen LogP contribution is 2.30. The zero-order valence-corrected chi connectivity index (χ0v) is 52.8. The second kappa shape index (κ2) is 32.0. The lowest BCUT2D eigenvalue weighted by Crippen LogP contribution is -2.63. The lowest BCUT2D eigenvalue weighted by Gasteiger charge is -2.34. The van der Waals surface area contributed by atoms with Crippen molar-refractivity contribution < 1.29 is 97.5 Å². The van der Waals surface area contributed by atoms with Crippen LogP contribution in [-0.4, -0.2) is 155 Å². The van der Waals surface area contributed by atoms with Crippen LogP contribution in [0.3, 0.4) is 0 Å². The van der Waals surface area contributed by atoms with Gasteiger partial charge in [-0.05, 0) is 114 Å². The lowest BCUT2D eigenvalue weighted by atomic mass is 9.95. The fourth-order valence-corrected chi connectivity index (χ4v) is 10.2. The maximum absolute atomic E-state index is 12.6. The van der Waals surface area contributed by atoms with Crippen molar-refractivity contribution in [1.29, 1.82) is 0 Å². The minimum atomic E-state index is -1.90. The molecule has 5 fully saturated rings. The summed E-state index contributed by atoms with van der Waals surface area (Å²) in [5, 5.41) is 53.2. The molecule has 0 aliphatic carbocycles. The van der Waals surface area contributed by atoms with Gasteiger partial charge in [0.2, 0.25) is 41.5 Å². The molecule has 5 aliphatic heterocycles. The number of aromatic hydroxyl groups is 4. The van der Waals surface area contributed by atoms with E-state index in [1.54, 1.807) is 127 Å². The van der Waals surface area contributed by atoms with E-state index in [1.165, 1.54) is 56.6 Å². The minimum absolute atomic E-state index is 0.0266. The Morgan fingerprint density at radius 2 is 0.697 bits per heavy atom. The largest absolute Gasteiger partial charge is 0.508 e. The number of benzene rings is 7. The van der Waals surface area contributed by atoms with Gasteiger partial charge in [-0.1, -0.05) is 115 Å². The number of phenolic OH excluding ortho intramolecular Hbond substituents is 4. The van der Waals surface area contributed by atoms with Gasteiger partial charge in [-0.25, -0.2) is 38.7 Å². The number of hydrogen-bond donors (Lipinski definition) is 9. The summed E-state index contributed by atoms with van der Waals surface area (Å²) in [5.41, 5.74) is 3.73. The maximum Gasteiger partial charge on any atom is 0.342 e. The van der Waals surface area contributed by atoms with Crippen LogP contribution in [0.5, 0.6) is 23.0 Å². The normalized spacial score (nSPS) is 17.1. The Hall–Kier alpha value is -13.0. The van der Waals surface area contributed by atoms with Gasteiger partial charge < -0.3 is 25.5 Å². The van der Waals surface area contributed by atoms with Gasteiger partial charge in [0, 0.05) is 14.1 Å². The molecule has 31 heteroatoms. The number of hydrogen-bond acceptors (Lipinski definition) is 20. The minimum Gasteiger partial charge on any atom is -0.508 e. The standard InChI is InChI=1S/C17H13ClN2O3.C16H12N2O4.C13H14N2O4.C11H10N2O5.C11H10N2O4/c18-14-15(21)19(11-12-7-3-1-4-8-12)17(23)20(16(14)22)13-9-5-2-6-10-13;19-13-14(20)17(11-7-3-1-4-8-11)16(22)18(15(13)21)12-9-5-2-6-10-12;1-14-11(17)10(12(18)15(2)13(14)19)7-8-3-5-9(16)6-4-8;14-7-2-1-5(4-8(7)15)3-6-9(16)12-11(18)13-10(6)17;14-7-3-1-6(2-4-7)5-8-9(15)12-11(17)13-10(8)16/h1-10,14H,11H2;1-10,13,19H;3-6,10,16H,7H2,1-2H3;1-2,4,6,14-15H,3H2,(H2,12,13,16,17,18);1-4,8,14H,5H2,(H2,12,13,15,16,17). The van der Waals surface area contributed by atoms with Gasteiger partial charge >= 0.3 is 30.2 Å². The molecule has 99 heavy (non-hydrogen) atoms. The molecule has 1 atom stereocenters. The number of barbiturate groups is 5. The number of phenols is 4. The Morgan fingerprint density at radius 1 is 0.354 bits per heavy atom. The number of urea groups is 5. The SMILES string of the molecule is CN1C(=O)C(Cc2ccc(O)cc2)C(=O)N(C)C1=O.O=C1C(Cl)C(=O)N(c2ccccc2)C(=O)N1Cc1ccccc1.O=C1C(O)C(=O)N(c2ccccc2)C(=O)N1c1ccccc1.O=C1NC(=O)C(Cc2ccc(O)c(O)c2)C(=O)N1.O=C1NC(=O)C(Cc2ccc(O)cc2)C(=O)N1. The highest BCUT2D eigenvalue weighted by atomic mass is 35.5. The summed E-state index contributed by atoms with van der Waals surface area (Å²) in [6.45, 7) is 0.0678. The van der Waals surface area contributed by atoms with E-state index < -0.39 is 118 Å². The van der Waals surface area contributed by atoms with Crippen molar-refractivity contribution >= 4 is 118 Å². The molecule has 7 aromatic carbocycles. The van der Waals surface area contributed by atoms with Gasteiger partial charge in [-0.2, -0.15) is 0 Å². The molecule has 0 spiro atoms. The number of carbonyl (C=O) groups excluding carboxylic acids is 15. The van der Waals surface area contributed by atoms with Crippen LogP contribution < -0.4 is 36.0 Å². The number of carbonyl (C=O) groups is 15. The summed E-state index contributed by atoms with van der Waals surface area (Å²) in [5.74, 6) is -10.1. The Morgan fingerprint density at radius 3 is 1.08 bits per heavy atom. The smallest absolute Gasteiger partial charge is 0.342 e. The number of nitrogens with one attached hydrogen (secondary N) is 4. The number of imide groups is 10. The second-order valence-electron chi connectivity index (χ2n) is 21.9. The van der Waals surface area contributed by atoms with Crippen LogP contribution in [0.4, 0.5) is 41.0 Å². The third-order valence-corrected chi connectivity index (χ3v) is 15.5. The van der Waals surface area contributed by atoms with Gasteiger partial charge in [-0.15, -0.1) is 11.6 Å². The number of halogens is 1. The Bertz CT molecular complexity index is 4180. The fourth-order valence-electron chi connectivity index (χ4n) is 9.96. The van der Waals surface area contributed by atoms with E-state index in [2.05, 4.69) is 0 Å². The quantitative estimate of drug-likeness (QED) is 0.0490. The monoisotopic (exact) mass is 1370 g/mol. The number of anilines is 3. The molecule has 5 aliphatic rings. The van der Waals surface area contributed by atoms with Crippen molar-refractivity contribution in [1.82, 2.24) is 36.0 Å². The van der Waals surface area contributed by atoms with E-state index in [4.69, 9.17) is 21.8 Å². The molecular formula is C68H59ClN10O20. The van der Waals surface area contributed by atoms with E-state index in [0.29, 0.717) is 22.6 Å². The first kappa shape index (κ1) is 71.9. The van der Waals surface area contributed by atoms with Crippen molar-refractivity contribution in [3.05, 3.63) is 210 Å². The third kappa shape index (κ3) is 17.3. The number of alkyl halides is 1. The first-order valence-electron chi connectivity index (χ1n) is 29.5. The summed E-state index contributed by atoms with van der Waals surface area (Å²) >= 11 is 5.95. The number of nitrogens with zero attached hydrogens (tertiary/aromatic N) is 6. The van der Waals surface area contributed by atoms with Crippen LogP contribution >= 0.6 is 11.6 Å². The summed E-state index contributed by atoms with van der Waals surface area (Å²) in [6.07, 6.45) is -1.48. The van der Waals surface area contributed by atoms with E-state index in [-0.39, 0.29) is 48.8 Å². The molecule has 1 unspecified atom stereocenters. The average molecular weight is 1370 g/mol. The van der Waals surface area contributed by atoms with Gasteiger partial charge in [0.1, 0.15) is 29.3 Å². The number of aliphatic hydroxyl groups excluding tert-OH is 1. The summed E-state index contributed by atoms with van der Waals surface area (Å²) in [6, 6.07) is 46.5. The molecule has 0 radical (unpaired) electrons. The van der Waals surface area contributed by atoms with E-state index in [1.807, 2.05) is 39.5 Å². The molecule has 12 rings (SSSR count). The van der Waals surface area contributed by atoms with Crippen molar-refractivity contribution in [2.75, 3.05) is 28.8 Å². The van der Waals surface area contributed by atoms with Crippen molar-refractivity contribution in [3.8, 4) is 23.0 Å². The molecule has 5 saturated heterocycles. The summed E-state index contributed by atoms with van der Waals surface area (Å²) < 4.78 is 0. The van der Waals surface area contributed by atoms with Crippen LogP contribution in [0, 0.1) is 17.8 Å². The molecule has 0 bridgehead atoms. The predicted molar refractivity (Wildman–Crippen MR) is 347 cm³/mol. The summed E-state index contributed by atoms with van der Waals surface area (Å²) in [4.78, 5) is 182. The number of para-hydroxylation sites is 3. The topological polar surface area (TPSA) is 425 Å². The van der Waals surface area contributed by atoms with Crippen molar-refractivity contribution in [3.63, 3.8) is 0 Å². The maximum atomic E-state index is 12.6. The Labute approximate surface area is 566 Å². The first-order chi connectivity index (χ1) is 47.1. The zero-order valence-electron chi connectivity index (χ0n) is 52.0. The van der Waals surface area contributed by atoms with Gasteiger partial charge in [0.15, 0.2) is 16.9 Å². The number of amides is 20. The van der Waals surface area contributed by atoms with Crippen LogP contribution in [0.15, 0.2) is 188 Å². The van der Waals surface area contributed by atoms with E-state index in [0.717, 1.165) is 46.1 Å². The number of aliphatic hydroxyl groups is 1. The van der Waals surface area contributed by atoms with Crippen LogP contribution in [-0.2, 0) is 73.8 Å². The highest BCUT2D eigenvalue weighted by Gasteiger charge is 2.48. The molecule has 20 amide bonds. The molecule has 30 nitrogen and oxygen atoms in total. The molecular weight excluding hydrogens is 1310 g/mol. The predicted octanol–water partition coefficient (Wildman–Crippen LogP) is 4.48. The highest BCUT2D eigenvalue weighted by molar-refractivity contribution is 6.48. The molecule has 5 heterocycles. The second-order valence-corrected chi connectivity index (χ2v) is 22.3. The molecule has 0 aromatic heterocycles. The van der Waals surface area contributed by atoms with Gasteiger partial charge in [0.05, 0.1) is 23.6 Å². The van der Waals surface area contributed by atoms with Crippen LogP contribution in [0.2, 0.25) is 0 Å². The number of rotatable bonds is 11. The molecule has 9 N–H and O–H groups in total. The van der Waals surface area contributed by atoms with E-state index in [9.17, 15) is 87.2 Å². The zero-order chi connectivity index (χ0) is 71.9. The Kier molecular flexibility index (Phi) is 23.2. The van der Waals surface area contributed by atoms with Gasteiger partial charge in [-0.3, -0.25) is 83.9 Å². The van der Waals surface area contributed by atoms with Gasteiger partial charge in [0.25, 0.3) is 23.6 Å². The summed E-state index contributed by atoms with van der Waals surface area (Å²) in [7, 11) is 2.72. The molecule has 7 aromatic rings. The van der Waals surface area contributed by atoms with Crippen LogP contribution in [0.25, 0.3) is 0 Å². The Balaban J connectivity index is 0.000000158. The lowest BCUT2D eigenvalue weighted by molar-refractivity contribution is -0.148. The van der Waals surface area contributed by atoms with Crippen molar-refractivity contribution in [2.24, 2.45) is 17.8 Å². The first-order valence-corrected chi connectivity index (χ1v) is 30.0.